The number of hydrogen-bond acceptors (Lipinski definition) is 4. The Bertz CT molecular complexity index is 1160. The zero-order valence-corrected chi connectivity index (χ0v) is 18.1. The number of nitrogens with zero attached hydrogens (tertiary/aromatic N) is 1. The van der Waals surface area contributed by atoms with Crippen molar-refractivity contribution in [1.82, 2.24) is 5.43 Å². The van der Waals surface area contributed by atoms with Gasteiger partial charge in [-0.2, -0.15) is 0 Å². The van der Waals surface area contributed by atoms with Gasteiger partial charge in [0.1, 0.15) is 12.2 Å². The second kappa shape index (κ2) is 9.58. The van der Waals surface area contributed by atoms with E-state index in [1.54, 1.807) is 36.4 Å². The number of halogens is 1. The second-order valence-corrected chi connectivity index (χ2v) is 7.42. The maximum absolute atomic E-state index is 12.8. The summed E-state index contributed by atoms with van der Waals surface area (Å²) in [6.07, 6.45) is 1.50. The van der Waals surface area contributed by atoms with Crippen molar-refractivity contribution in [2.75, 3.05) is 11.6 Å². The highest BCUT2D eigenvalue weighted by Crippen LogP contribution is 2.38. The largest absolute Gasteiger partial charge is 0.490 e. The molecule has 3 aromatic carbocycles. The van der Waals surface area contributed by atoms with Gasteiger partial charge in [0.05, 0.1) is 17.3 Å². The van der Waals surface area contributed by atoms with Crippen LogP contribution in [-0.2, 0) is 16.2 Å². The van der Waals surface area contributed by atoms with Crippen LogP contribution in [-0.4, -0.2) is 18.4 Å². The molecule has 0 unspecified atom stereocenters. The van der Waals surface area contributed by atoms with E-state index in [0.717, 1.165) is 5.56 Å². The van der Waals surface area contributed by atoms with E-state index in [-0.39, 0.29) is 5.57 Å². The number of rotatable bonds is 7. The normalized spacial score (nSPS) is 14.6. The van der Waals surface area contributed by atoms with Crippen molar-refractivity contribution in [3.05, 3.63) is 94.5 Å². The number of amides is 2. The summed E-state index contributed by atoms with van der Waals surface area (Å²) in [7, 11) is 0. The molecule has 1 N–H and O–H groups in total. The van der Waals surface area contributed by atoms with Gasteiger partial charge in [-0.3, -0.25) is 15.0 Å². The zero-order chi connectivity index (χ0) is 22.5. The Kier molecular flexibility index (Phi) is 6.42. The number of carbonyl (C=O) groups is 2. The van der Waals surface area contributed by atoms with Gasteiger partial charge < -0.3 is 9.47 Å². The molecule has 0 aromatic heterocycles. The highest BCUT2D eigenvalue weighted by atomic mass is 35.5. The molecule has 0 spiro atoms. The fourth-order valence-corrected chi connectivity index (χ4v) is 3.56. The summed E-state index contributed by atoms with van der Waals surface area (Å²) in [5.74, 6) is -0.0850. The Balaban J connectivity index is 1.61. The molecular formula is C25H21ClN2O4. The van der Waals surface area contributed by atoms with E-state index < -0.39 is 11.8 Å². The third-order valence-electron chi connectivity index (χ3n) is 4.77. The fraction of sp³-hybridized carbons (Fsp3) is 0.120. The van der Waals surface area contributed by atoms with Crippen LogP contribution in [0.5, 0.6) is 11.5 Å². The summed E-state index contributed by atoms with van der Waals surface area (Å²) in [6, 6.07) is 21.9. The zero-order valence-electron chi connectivity index (χ0n) is 17.4. The molecule has 7 heteroatoms. The summed E-state index contributed by atoms with van der Waals surface area (Å²) in [5, 5.41) is 1.54. The van der Waals surface area contributed by atoms with Gasteiger partial charge in [-0.25, -0.2) is 5.01 Å². The van der Waals surface area contributed by atoms with E-state index in [9.17, 15) is 9.59 Å². The molecule has 32 heavy (non-hydrogen) atoms. The van der Waals surface area contributed by atoms with Gasteiger partial charge in [0.15, 0.2) is 11.5 Å². The number of nitrogens with one attached hydrogen (secondary N) is 1. The lowest BCUT2D eigenvalue weighted by Gasteiger charge is -2.15. The Labute approximate surface area is 191 Å². The summed E-state index contributed by atoms with van der Waals surface area (Å²) < 4.78 is 11.6. The van der Waals surface area contributed by atoms with E-state index >= 15 is 0 Å². The maximum atomic E-state index is 12.8. The first-order valence-corrected chi connectivity index (χ1v) is 10.5. The molecule has 0 atom stereocenters. The average molecular weight is 449 g/mol. The summed E-state index contributed by atoms with van der Waals surface area (Å²) in [5.41, 5.74) is 4.71. The van der Waals surface area contributed by atoms with Crippen LogP contribution in [0.1, 0.15) is 18.1 Å². The fourth-order valence-electron chi connectivity index (χ4n) is 3.29. The molecule has 1 aliphatic heterocycles. The van der Waals surface area contributed by atoms with Crippen molar-refractivity contribution in [1.29, 1.82) is 0 Å². The quantitative estimate of drug-likeness (QED) is 0.417. The highest BCUT2D eigenvalue weighted by Gasteiger charge is 2.34. The third kappa shape index (κ3) is 4.60. The highest BCUT2D eigenvalue weighted by molar-refractivity contribution is 6.33. The molecule has 3 aromatic rings. The van der Waals surface area contributed by atoms with Crippen LogP contribution >= 0.6 is 11.6 Å². The van der Waals surface area contributed by atoms with E-state index in [1.165, 1.54) is 11.1 Å². The van der Waals surface area contributed by atoms with Gasteiger partial charge in [0, 0.05) is 0 Å². The number of anilines is 1. The predicted octanol–water partition coefficient (Wildman–Crippen LogP) is 4.78. The molecule has 0 saturated carbocycles. The van der Waals surface area contributed by atoms with E-state index in [4.69, 9.17) is 21.1 Å². The van der Waals surface area contributed by atoms with Gasteiger partial charge in [-0.05, 0) is 48.4 Å². The van der Waals surface area contributed by atoms with Crippen molar-refractivity contribution >= 4 is 35.2 Å². The molecular weight excluding hydrogens is 428 g/mol. The Morgan fingerprint density at radius 2 is 1.66 bits per heavy atom. The molecule has 4 rings (SSSR count). The molecule has 0 aliphatic carbocycles. The first kappa shape index (κ1) is 21.5. The van der Waals surface area contributed by atoms with Crippen molar-refractivity contribution in [2.24, 2.45) is 0 Å². The van der Waals surface area contributed by atoms with Gasteiger partial charge >= 0.3 is 0 Å². The standard InChI is InChI=1S/C25H21ClN2O4/c1-2-31-22-15-18(14-21(26)23(22)32-16-17-9-5-3-6-10-17)13-20-24(29)27-28(25(20)30)19-11-7-4-8-12-19/h3-15H,2,16H2,1H3,(H,27,29)/b20-13-. The maximum Gasteiger partial charge on any atom is 0.282 e. The lowest BCUT2D eigenvalue weighted by atomic mass is 10.1. The summed E-state index contributed by atoms with van der Waals surface area (Å²) in [6.45, 7) is 2.58. The van der Waals surface area contributed by atoms with Crippen LogP contribution in [0.2, 0.25) is 5.02 Å². The lowest BCUT2D eigenvalue weighted by molar-refractivity contribution is -0.117. The molecule has 0 bridgehead atoms. The molecule has 1 saturated heterocycles. The number of benzene rings is 3. The number of carbonyl (C=O) groups excluding carboxylic acids is 2. The van der Waals surface area contributed by atoms with Gasteiger partial charge in [-0.15, -0.1) is 0 Å². The number of ether oxygens (including phenoxy) is 2. The lowest BCUT2D eigenvalue weighted by Crippen LogP contribution is -2.35. The number of hydrazine groups is 1. The minimum Gasteiger partial charge on any atom is -0.490 e. The molecule has 1 fully saturated rings. The topological polar surface area (TPSA) is 67.9 Å². The minimum atomic E-state index is -0.489. The SMILES string of the molecule is CCOc1cc(/C=C2/C(=O)NN(c3ccccc3)C2=O)cc(Cl)c1OCc1ccccc1. The Hall–Kier alpha value is -3.77. The van der Waals surface area contributed by atoms with Crippen LogP contribution in [0.25, 0.3) is 6.08 Å². The summed E-state index contributed by atoms with van der Waals surface area (Å²) in [4.78, 5) is 25.3. The van der Waals surface area contributed by atoms with Crippen molar-refractivity contribution < 1.29 is 19.1 Å². The molecule has 0 radical (unpaired) electrons. The van der Waals surface area contributed by atoms with Gasteiger partial charge in [-0.1, -0.05) is 60.1 Å². The summed E-state index contributed by atoms with van der Waals surface area (Å²) >= 11 is 6.49. The van der Waals surface area contributed by atoms with E-state index in [2.05, 4.69) is 5.43 Å². The molecule has 1 heterocycles. The molecule has 1 aliphatic rings. The van der Waals surface area contributed by atoms with Crippen LogP contribution < -0.4 is 19.9 Å². The van der Waals surface area contributed by atoms with Crippen LogP contribution in [0, 0.1) is 0 Å². The van der Waals surface area contributed by atoms with E-state index in [0.29, 0.717) is 41.0 Å². The van der Waals surface area contributed by atoms with Gasteiger partial charge in [0.25, 0.3) is 11.8 Å². The van der Waals surface area contributed by atoms with Crippen LogP contribution in [0.4, 0.5) is 5.69 Å². The van der Waals surface area contributed by atoms with Crippen molar-refractivity contribution in [3.63, 3.8) is 0 Å². The van der Waals surface area contributed by atoms with Gasteiger partial charge in [0.2, 0.25) is 0 Å². The second-order valence-electron chi connectivity index (χ2n) is 7.01. The van der Waals surface area contributed by atoms with E-state index in [1.807, 2.05) is 43.3 Å². The smallest absolute Gasteiger partial charge is 0.282 e. The van der Waals surface area contributed by atoms with Crippen LogP contribution in [0.3, 0.4) is 0 Å². The van der Waals surface area contributed by atoms with Crippen molar-refractivity contribution in [2.45, 2.75) is 13.5 Å². The predicted molar refractivity (Wildman–Crippen MR) is 123 cm³/mol. The number of hydrogen-bond donors (Lipinski definition) is 1. The third-order valence-corrected chi connectivity index (χ3v) is 5.06. The molecule has 2 amide bonds. The molecule has 6 nitrogen and oxygen atoms in total. The monoisotopic (exact) mass is 448 g/mol. The first-order valence-electron chi connectivity index (χ1n) is 10.1. The van der Waals surface area contributed by atoms with Crippen LogP contribution in [0.15, 0.2) is 78.4 Å². The number of para-hydroxylation sites is 1. The Morgan fingerprint density at radius 1 is 0.969 bits per heavy atom. The van der Waals surface area contributed by atoms with Crippen molar-refractivity contribution in [3.8, 4) is 11.5 Å². The molecule has 162 valence electrons. The minimum absolute atomic E-state index is 0.00493. The Morgan fingerprint density at radius 3 is 2.34 bits per heavy atom. The average Bonchev–Trinajstić information content (AvgIpc) is 3.08. The first-order chi connectivity index (χ1) is 15.6.